The summed E-state index contributed by atoms with van der Waals surface area (Å²) in [6, 6.07) is 0.438. The molecule has 1 aromatic rings. The number of hydrogen-bond donors (Lipinski definition) is 1. The van der Waals surface area contributed by atoms with Crippen molar-refractivity contribution in [3.8, 4) is 18.1 Å². The Bertz CT molecular complexity index is 649. The van der Waals surface area contributed by atoms with Crippen molar-refractivity contribution in [3.05, 3.63) is 29.1 Å². The maximum Gasteiger partial charge on any atom is 0.254 e. The summed E-state index contributed by atoms with van der Waals surface area (Å²) in [5, 5.41) is 2.64. The molecule has 0 heterocycles. The Kier molecular flexibility index (Phi) is 6.13. The molecular formula is C18H20F3NO2. The Labute approximate surface area is 139 Å². The number of ether oxygens (including phenoxy) is 1. The van der Waals surface area contributed by atoms with Gasteiger partial charge in [-0.05, 0) is 31.7 Å². The van der Waals surface area contributed by atoms with Gasteiger partial charge >= 0.3 is 0 Å². The zero-order valence-corrected chi connectivity index (χ0v) is 13.5. The van der Waals surface area contributed by atoms with Crippen molar-refractivity contribution in [1.82, 2.24) is 5.32 Å². The van der Waals surface area contributed by atoms with Gasteiger partial charge in [0.25, 0.3) is 5.91 Å². The predicted octanol–water partition coefficient (Wildman–Crippen LogP) is 3.81. The van der Waals surface area contributed by atoms with Gasteiger partial charge in [-0.3, -0.25) is 4.79 Å². The molecule has 2 rings (SSSR count). The first-order valence-electron chi connectivity index (χ1n) is 8.00. The second-order valence-electron chi connectivity index (χ2n) is 6.02. The van der Waals surface area contributed by atoms with Crippen LogP contribution in [0.1, 0.15) is 49.4 Å². The summed E-state index contributed by atoms with van der Waals surface area (Å²) in [5.74, 6) is -3.60. The highest BCUT2D eigenvalue weighted by Crippen LogP contribution is 2.28. The van der Waals surface area contributed by atoms with E-state index in [4.69, 9.17) is 6.42 Å². The number of hydrogen-bond acceptors (Lipinski definition) is 2. The fraction of sp³-hybridized carbons (Fsp3) is 0.500. The standard InChI is InChI=1S/C18H20F3NO2/c1-3-9-24-17-14(19)10-13(15(20)16(17)21)18(23)22-11(2)12-7-5-4-6-8-12/h1,10-12H,4-9H2,2H3,(H,22,23)/t11-/m0/s1. The van der Waals surface area contributed by atoms with Crippen LogP contribution in [0.3, 0.4) is 0 Å². The van der Waals surface area contributed by atoms with Crippen LogP contribution in [0.5, 0.6) is 5.75 Å². The number of halogens is 3. The van der Waals surface area contributed by atoms with Crippen molar-refractivity contribution in [3.63, 3.8) is 0 Å². The third kappa shape index (κ3) is 4.02. The maximum absolute atomic E-state index is 14.1. The van der Waals surface area contributed by atoms with Crippen molar-refractivity contribution < 1.29 is 22.7 Å². The first kappa shape index (κ1) is 18.2. The van der Waals surface area contributed by atoms with Crippen molar-refractivity contribution >= 4 is 5.91 Å². The molecule has 130 valence electrons. The lowest BCUT2D eigenvalue weighted by molar-refractivity contribution is 0.0913. The average molecular weight is 339 g/mol. The molecule has 1 amide bonds. The van der Waals surface area contributed by atoms with Crippen molar-refractivity contribution in [1.29, 1.82) is 0 Å². The van der Waals surface area contributed by atoms with Gasteiger partial charge in [-0.1, -0.05) is 25.2 Å². The van der Waals surface area contributed by atoms with Crippen LogP contribution in [0.2, 0.25) is 0 Å². The van der Waals surface area contributed by atoms with E-state index >= 15 is 0 Å². The van der Waals surface area contributed by atoms with Crippen LogP contribution in [-0.2, 0) is 0 Å². The Morgan fingerprint density at radius 1 is 1.33 bits per heavy atom. The van der Waals surface area contributed by atoms with Gasteiger partial charge in [-0.15, -0.1) is 6.42 Å². The molecule has 0 aliphatic heterocycles. The second-order valence-corrected chi connectivity index (χ2v) is 6.02. The quantitative estimate of drug-likeness (QED) is 0.654. The van der Waals surface area contributed by atoms with E-state index in [1.807, 2.05) is 12.8 Å². The predicted molar refractivity (Wildman–Crippen MR) is 84.1 cm³/mol. The summed E-state index contributed by atoms with van der Waals surface area (Å²) >= 11 is 0. The van der Waals surface area contributed by atoms with Crippen molar-refractivity contribution in [2.75, 3.05) is 6.61 Å². The third-order valence-corrected chi connectivity index (χ3v) is 4.38. The van der Waals surface area contributed by atoms with Gasteiger partial charge < -0.3 is 10.1 Å². The van der Waals surface area contributed by atoms with Gasteiger partial charge in [0.1, 0.15) is 6.61 Å². The lowest BCUT2D eigenvalue weighted by atomic mass is 9.84. The van der Waals surface area contributed by atoms with Crippen molar-refractivity contribution in [2.45, 2.75) is 45.1 Å². The van der Waals surface area contributed by atoms with Crippen LogP contribution in [0.4, 0.5) is 13.2 Å². The van der Waals surface area contributed by atoms with E-state index < -0.39 is 41.3 Å². The normalized spacial score (nSPS) is 16.3. The Morgan fingerprint density at radius 3 is 2.62 bits per heavy atom. The van der Waals surface area contributed by atoms with Gasteiger partial charge in [-0.2, -0.15) is 4.39 Å². The molecule has 6 heteroatoms. The molecule has 0 spiro atoms. The smallest absolute Gasteiger partial charge is 0.254 e. The summed E-state index contributed by atoms with van der Waals surface area (Å²) < 4.78 is 46.5. The average Bonchev–Trinajstić information content (AvgIpc) is 2.58. The minimum atomic E-state index is -1.55. The van der Waals surface area contributed by atoms with Gasteiger partial charge in [0.2, 0.25) is 5.82 Å². The summed E-state index contributed by atoms with van der Waals surface area (Å²) in [4.78, 5) is 12.2. The van der Waals surface area contributed by atoms with E-state index in [9.17, 15) is 18.0 Å². The number of carbonyl (C=O) groups is 1. The largest absolute Gasteiger partial charge is 0.475 e. The molecule has 1 atom stereocenters. The number of amides is 1. The van der Waals surface area contributed by atoms with Gasteiger partial charge in [0, 0.05) is 6.04 Å². The van der Waals surface area contributed by atoms with Crippen LogP contribution >= 0.6 is 0 Å². The van der Waals surface area contributed by atoms with E-state index in [0.29, 0.717) is 12.0 Å². The first-order valence-corrected chi connectivity index (χ1v) is 8.00. The third-order valence-electron chi connectivity index (χ3n) is 4.38. The zero-order chi connectivity index (χ0) is 17.7. The van der Waals surface area contributed by atoms with Gasteiger partial charge in [0.15, 0.2) is 17.4 Å². The Balaban J connectivity index is 2.15. The molecule has 0 bridgehead atoms. The first-order chi connectivity index (χ1) is 11.5. The zero-order valence-electron chi connectivity index (χ0n) is 13.5. The maximum atomic E-state index is 14.1. The lowest BCUT2D eigenvalue weighted by Crippen LogP contribution is -2.39. The molecule has 1 N–H and O–H groups in total. The highest BCUT2D eigenvalue weighted by atomic mass is 19.2. The summed E-state index contributed by atoms with van der Waals surface area (Å²) in [7, 11) is 0. The van der Waals surface area contributed by atoms with Crippen LogP contribution in [0.25, 0.3) is 0 Å². The van der Waals surface area contributed by atoms with Gasteiger partial charge in [0.05, 0.1) is 5.56 Å². The van der Waals surface area contributed by atoms with Crippen molar-refractivity contribution in [2.24, 2.45) is 5.92 Å². The minimum Gasteiger partial charge on any atom is -0.475 e. The SMILES string of the molecule is C#CCOc1c(F)cc(C(=O)N[C@@H](C)C2CCCCC2)c(F)c1F. The number of rotatable bonds is 5. The van der Waals surface area contributed by atoms with Crippen LogP contribution in [0.15, 0.2) is 6.07 Å². The van der Waals surface area contributed by atoms with Crippen LogP contribution < -0.4 is 10.1 Å². The minimum absolute atomic E-state index is 0.194. The monoisotopic (exact) mass is 339 g/mol. The summed E-state index contributed by atoms with van der Waals surface area (Å²) in [6.07, 6.45) is 10.2. The molecule has 1 aliphatic carbocycles. The van der Waals surface area contributed by atoms with E-state index in [-0.39, 0.29) is 6.04 Å². The molecule has 1 fully saturated rings. The molecular weight excluding hydrogens is 319 g/mol. The Hall–Kier alpha value is -2.16. The number of carbonyl (C=O) groups excluding carboxylic acids is 1. The molecule has 1 saturated carbocycles. The van der Waals surface area contributed by atoms with E-state index in [1.165, 1.54) is 6.42 Å². The molecule has 3 nitrogen and oxygen atoms in total. The molecule has 0 unspecified atom stereocenters. The molecule has 1 aromatic carbocycles. The molecule has 0 saturated heterocycles. The van der Waals surface area contributed by atoms with E-state index in [0.717, 1.165) is 25.7 Å². The van der Waals surface area contributed by atoms with Crippen LogP contribution in [0, 0.1) is 35.7 Å². The Morgan fingerprint density at radius 2 is 2.00 bits per heavy atom. The number of benzene rings is 1. The van der Waals surface area contributed by atoms with Crippen LogP contribution in [-0.4, -0.2) is 18.6 Å². The summed E-state index contributed by atoms with van der Waals surface area (Å²) in [6.45, 7) is 1.42. The van der Waals surface area contributed by atoms with Gasteiger partial charge in [-0.25, -0.2) is 8.78 Å². The summed E-state index contributed by atoms with van der Waals surface area (Å²) in [5.41, 5.74) is -0.680. The number of terminal acetylenes is 1. The highest BCUT2D eigenvalue weighted by Gasteiger charge is 2.27. The molecule has 1 aliphatic rings. The number of nitrogens with one attached hydrogen (secondary N) is 1. The topological polar surface area (TPSA) is 38.3 Å². The molecule has 0 aromatic heterocycles. The van der Waals surface area contributed by atoms with E-state index in [2.05, 4.69) is 10.1 Å². The fourth-order valence-electron chi connectivity index (χ4n) is 3.03. The molecule has 0 radical (unpaired) electrons. The second kappa shape index (κ2) is 8.09. The lowest BCUT2D eigenvalue weighted by Gasteiger charge is -2.28. The van der Waals surface area contributed by atoms with E-state index in [1.54, 1.807) is 0 Å². The fourth-order valence-corrected chi connectivity index (χ4v) is 3.03. The highest BCUT2D eigenvalue weighted by molar-refractivity contribution is 5.94. The molecule has 24 heavy (non-hydrogen) atoms.